The van der Waals surface area contributed by atoms with Gasteiger partial charge in [-0.05, 0) is 43.8 Å². The van der Waals surface area contributed by atoms with E-state index in [2.05, 4.69) is 23.6 Å². The molecular formula is C16H21ClN2OS. The Morgan fingerprint density at radius 3 is 2.76 bits per heavy atom. The van der Waals surface area contributed by atoms with Crippen molar-refractivity contribution in [3.63, 3.8) is 0 Å². The van der Waals surface area contributed by atoms with Crippen LogP contribution in [-0.4, -0.2) is 37.2 Å². The Bertz CT molecular complexity index is 571. The van der Waals surface area contributed by atoms with Crippen molar-refractivity contribution in [3.05, 3.63) is 39.9 Å². The van der Waals surface area contributed by atoms with E-state index in [4.69, 9.17) is 17.3 Å². The number of halogens is 1. The predicted molar refractivity (Wildman–Crippen MR) is 91.9 cm³/mol. The Morgan fingerprint density at radius 1 is 1.48 bits per heavy atom. The van der Waals surface area contributed by atoms with Gasteiger partial charge < -0.3 is 10.6 Å². The van der Waals surface area contributed by atoms with Gasteiger partial charge in [-0.25, -0.2) is 0 Å². The van der Waals surface area contributed by atoms with E-state index in [1.165, 1.54) is 5.57 Å². The van der Waals surface area contributed by atoms with E-state index in [1.54, 1.807) is 0 Å². The van der Waals surface area contributed by atoms with Crippen molar-refractivity contribution >= 4 is 36.2 Å². The minimum absolute atomic E-state index is 0.0206. The molecule has 21 heavy (non-hydrogen) atoms. The first-order valence-corrected chi connectivity index (χ1v) is 8.00. The summed E-state index contributed by atoms with van der Waals surface area (Å²) in [5.74, 6) is -0.119. The molecule has 2 rings (SSSR count). The minimum atomic E-state index is -0.298. The standard InChI is InChI=1S/C16H21ClN2OS/c1-19(2)6-5-10-7-11-8-12(17)3-4-13(11)15(10)14(9-21)16(18)20/h3-4,7-8,14-15,21H,5-6,9H2,1-2H3,(H2,18,20). The minimum Gasteiger partial charge on any atom is -0.369 e. The largest absolute Gasteiger partial charge is 0.369 e. The Morgan fingerprint density at radius 2 is 2.19 bits per heavy atom. The second-order valence-corrected chi connectivity index (χ2v) is 6.52. The van der Waals surface area contributed by atoms with Crippen molar-refractivity contribution in [1.29, 1.82) is 0 Å². The van der Waals surface area contributed by atoms with E-state index in [0.717, 1.165) is 24.1 Å². The number of amides is 1. The third kappa shape index (κ3) is 3.62. The zero-order valence-electron chi connectivity index (χ0n) is 12.3. The fraction of sp³-hybridized carbons (Fsp3) is 0.438. The molecule has 3 nitrogen and oxygen atoms in total. The summed E-state index contributed by atoms with van der Waals surface area (Å²) in [4.78, 5) is 13.9. The topological polar surface area (TPSA) is 46.3 Å². The van der Waals surface area contributed by atoms with Crippen LogP contribution in [0.25, 0.3) is 6.08 Å². The highest BCUT2D eigenvalue weighted by atomic mass is 35.5. The Kier molecular flexibility index (Phi) is 5.36. The van der Waals surface area contributed by atoms with Crippen molar-refractivity contribution in [1.82, 2.24) is 4.90 Å². The van der Waals surface area contributed by atoms with Gasteiger partial charge in [0.2, 0.25) is 5.91 Å². The maximum atomic E-state index is 11.8. The normalized spacial score (nSPS) is 18.5. The van der Waals surface area contributed by atoms with Crippen molar-refractivity contribution in [2.24, 2.45) is 11.7 Å². The van der Waals surface area contributed by atoms with Gasteiger partial charge in [0.1, 0.15) is 0 Å². The van der Waals surface area contributed by atoms with Crippen LogP contribution in [-0.2, 0) is 4.79 Å². The number of rotatable bonds is 6. The monoisotopic (exact) mass is 324 g/mol. The van der Waals surface area contributed by atoms with Crippen molar-refractivity contribution in [3.8, 4) is 0 Å². The summed E-state index contributed by atoms with van der Waals surface area (Å²) < 4.78 is 0. The Labute approximate surface area is 136 Å². The van der Waals surface area contributed by atoms with Gasteiger partial charge in [-0.3, -0.25) is 4.79 Å². The second-order valence-electron chi connectivity index (χ2n) is 5.71. The van der Waals surface area contributed by atoms with Crippen LogP contribution >= 0.6 is 24.2 Å². The van der Waals surface area contributed by atoms with Crippen molar-refractivity contribution in [2.75, 3.05) is 26.4 Å². The molecule has 1 aliphatic carbocycles. The number of nitrogens with zero attached hydrogens (tertiary/aromatic N) is 1. The first-order chi connectivity index (χ1) is 9.93. The van der Waals surface area contributed by atoms with Crippen molar-refractivity contribution in [2.45, 2.75) is 12.3 Å². The highest BCUT2D eigenvalue weighted by molar-refractivity contribution is 7.80. The van der Waals surface area contributed by atoms with E-state index in [-0.39, 0.29) is 17.7 Å². The number of primary amides is 1. The summed E-state index contributed by atoms with van der Waals surface area (Å²) in [6.07, 6.45) is 3.05. The molecule has 2 atom stereocenters. The Hall–Kier alpha value is -0.970. The van der Waals surface area contributed by atoms with E-state index < -0.39 is 0 Å². The van der Waals surface area contributed by atoms with Gasteiger partial charge in [0.05, 0.1) is 5.92 Å². The molecule has 0 radical (unpaired) electrons. The van der Waals surface area contributed by atoms with Crippen LogP contribution < -0.4 is 5.73 Å². The van der Waals surface area contributed by atoms with E-state index in [1.807, 2.05) is 32.3 Å². The number of benzene rings is 1. The predicted octanol–water partition coefficient (Wildman–Crippen LogP) is 2.80. The number of hydrogen-bond acceptors (Lipinski definition) is 3. The maximum absolute atomic E-state index is 11.8. The molecule has 1 amide bonds. The lowest BCUT2D eigenvalue weighted by atomic mass is 9.82. The summed E-state index contributed by atoms with van der Waals surface area (Å²) in [6, 6.07) is 5.82. The molecule has 0 fully saturated rings. The lowest BCUT2D eigenvalue weighted by molar-refractivity contribution is -0.121. The van der Waals surface area contributed by atoms with E-state index in [9.17, 15) is 4.79 Å². The molecule has 2 unspecified atom stereocenters. The maximum Gasteiger partial charge on any atom is 0.222 e. The molecule has 5 heteroatoms. The molecule has 0 bridgehead atoms. The average Bonchev–Trinajstić information content (AvgIpc) is 2.74. The third-order valence-electron chi connectivity index (χ3n) is 3.94. The quantitative estimate of drug-likeness (QED) is 0.790. The number of carbonyl (C=O) groups is 1. The lowest BCUT2D eigenvalue weighted by Gasteiger charge is -2.24. The molecule has 1 aliphatic rings. The first kappa shape index (κ1) is 16.4. The van der Waals surface area contributed by atoms with Crippen LogP contribution in [0, 0.1) is 5.92 Å². The SMILES string of the molecule is CN(C)CCC1=Cc2cc(Cl)ccc2C1C(CS)C(N)=O. The summed E-state index contributed by atoms with van der Waals surface area (Å²) in [5.41, 5.74) is 9.04. The number of hydrogen-bond donors (Lipinski definition) is 2. The zero-order valence-corrected chi connectivity index (χ0v) is 14.0. The average molecular weight is 325 g/mol. The molecule has 2 N–H and O–H groups in total. The molecule has 0 heterocycles. The zero-order chi connectivity index (χ0) is 15.6. The van der Waals surface area contributed by atoms with Gasteiger partial charge in [0, 0.05) is 23.2 Å². The molecule has 0 aliphatic heterocycles. The number of fused-ring (bicyclic) bond motifs is 1. The molecule has 1 aromatic rings. The fourth-order valence-corrected chi connectivity index (χ4v) is 3.43. The summed E-state index contributed by atoms with van der Waals surface area (Å²) in [6.45, 7) is 0.933. The second kappa shape index (κ2) is 6.86. The number of carbonyl (C=O) groups excluding carboxylic acids is 1. The first-order valence-electron chi connectivity index (χ1n) is 6.99. The summed E-state index contributed by atoms with van der Waals surface area (Å²) in [5, 5.41) is 0.708. The van der Waals surface area contributed by atoms with Crippen LogP contribution in [0.15, 0.2) is 23.8 Å². The molecule has 114 valence electrons. The Balaban J connectivity index is 2.38. The van der Waals surface area contributed by atoms with E-state index in [0.29, 0.717) is 10.8 Å². The van der Waals surface area contributed by atoms with Gasteiger partial charge in [0.25, 0.3) is 0 Å². The van der Waals surface area contributed by atoms with Crippen LogP contribution in [0.4, 0.5) is 0 Å². The van der Waals surface area contributed by atoms with Gasteiger partial charge in [-0.1, -0.05) is 29.3 Å². The molecule has 1 aromatic carbocycles. The van der Waals surface area contributed by atoms with Gasteiger partial charge in [-0.15, -0.1) is 0 Å². The molecule has 0 saturated carbocycles. The van der Waals surface area contributed by atoms with Crippen molar-refractivity contribution < 1.29 is 4.79 Å². The number of thiol groups is 1. The van der Waals surface area contributed by atoms with E-state index >= 15 is 0 Å². The van der Waals surface area contributed by atoms with Gasteiger partial charge >= 0.3 is 0 Å². The van der Waals surface area contributed by atoms with Crippen LogP contribution in [0.2, 0.25) is 5.02 Å². The lowest BCUT2D eigenvalue weighted by Crippen LogP contribution is -2.31. The smallest absolute Gasteiger partial charge is 0.222 e. The highest BCUT2D eigenvalue weighted by Crippen LogP contribution is 2.43. The third-order valence-corrected chi connectivity index (χ3v) is 4.56. The van der Waals surface area contributed by atoms with Crippen LogP contribution in [0.3, 0.4) is 0 Å². The number of nitrogens with two attached hydrogens (primary N) is 1. The highest BCUT2D eigenvalue weighted by Gasteiger charge is 2.34. The summed E-state index contributed by atoms with van der Waals surface area (Å²) >= 11 is 10.4. The van der Waals surface area contributed by atoms with Gasteiger partial charge in [0.15, 0.2) is 0 Å². The molecule has 0 saturated heterocycles. The summed E-state index contributed by atoms with van der Waals surface area (Å²) in [7, 11) is 4.08. The molecular weight excluding hydrogens is 304 g/mol. The molecule has 0 aromatic heterocycles. The fourth-order valence-electron chi connectivity index (χ4n) is 2.86. The van der Waals surface area contributed by atoms with Crippen LogP contribution in [0.1, 0.15) is 23.5 Å². The van der Waals surface area contributed by atoms with Gasteiger partial charge in [-0.2, -0.15) is 12.6 Å². The van der Waals surface area contributed by atoms with Crippen LogP contribution in [0.5, 0.6) is 0 Å². The molecule has 0 spiro atoms.